The Hall–Kier alpha value is -3.12. The van der Waals surface area contributed by atoms with Gasteiger partial charge in [0.2, 0.25) is 0 Å². The third-order valence-electron chi connectivity index (χ3n) is 5.18. The molecule has 4 rings (SSSR count). The first-order valence-corrected chi connectivity index (χ1v) is 11.2. The summed E-state index contributed by atoms with van der Waals surface area (Å²) >= 11 is 0. The van der Waals surface area contributed by atoms with E-state index in [-0.39, 0.29) is 24.0 Å². The van der Waals surface area contributed by atoms with Crippen molar-refractivity contribution >= 4 is 21.7 Å². The summed E-state index contributed by atoms with van der Waals surface area (Å²) in [6.45, 7) is 3.81. The van der Waals surface area contributed by atoms with Crippen molar-refractivity contribution in [2.75, 3.05) is 10.9 Å². The van der Waals surface area contributed by atoms with Crippen molar-refractivity contribution in [3.63, 3.8) is 0 Å². The molecule has 6 heteroatoms. The van der Waals surface area contributed by atoms with E-state index in [2.05, 4.69) is 0 Å². The number of benzene rings is 3. The molecule has 3 aromatic carbocycles. The molecule has 1 unspecified atom stereocenters. The van der Waals surface area contributed by atoms with E-state index in [1.807, 2.05) is 19.1 Å². The summed E-state index contributed by atoms with van der Waals surface area (Å²) in [5.74, 6) is -0.489. The van der Waals surface area contributed by atoms with Gasteiger partial charge in [-0.15, -0.1) is 0 Å². The zero-order valence-electron chi connectivity index (χ0n) is 17.8. The van der Waals surface area contributed by atoms with Crippen molar-refractivity contribution < 1.29 is 19.3 Å². The minimum absolute atomic E-state index is 0.146. The average molecular weight is 423 g/mol. The maximum absolute atomic E-state index is 13.8. The highest BCUT2D eigenvalue weighted by molar-refractivity contribution is 7.92. The molecule has 154 valence electrons. The van der Waals surface area contributed by atoms with Crippen LogP contribution in [-0.2, 0) is 19.6 Å². The van der Waals surface area contributed by atoms with Crippen LogP contribution in [0.4, 0.5) is 5.69 Å². The largest absolute Gasteiger partial charge is 0.466 e. The number of rotatable bonds is 5. The van der Waals surface area contributed by atoms with Gasteiger partial charge in [-0.05, 0) is 43.2 Å². The van der Waals surface area contributed by atoms with E-state index in [0.29, 0.717) is 22.4 Å². The molecule has 0 spiro atoms. The smallest absolute Gasteiger partial charge is 0.308 e. The molecular formula is C24H23NO4S. The summed E-state index contributed by atoms with van der Waals surface area (Å²) in [6.07, 6.45) is -0.149. The summed E-state index contributed by atoms with van der Waals surface area (Å²) in [5.41, 5.74) is 3.31. The van der Waals surface area contributed by atoms with Crippen LogP contribution < -0.4 is 4.31 Å². The summed E-state index contributed by atoms with van der Waals surface area (Å²) in [7, 11) is -3.99. The summed E-state index contributed by atoms with van der Waals surface area (Å²) in [4.78, 5) is 12.6. The molecule has 0 aromatic heterocycles. The lowest BCUT2D eigenvalue weighted by Gasteiger charge is -2.38. The topological polar surface area (TPSA) is 63.7 Å². The van der Waals surface area contributed by atoms with Gasteiger partial charge in [0.05, 0.1) is 31.0 Å². The molecule has 0 amide bonds. The van der Waals surface area contributed by atoms with Crippen LogP contribution in [0.5, 0.6) is 0 Å². The van der Waals surface area contributed by atoms with Gasteiger partial charge in [0, 0.05) is 5.56 Å². The van der Waals surface area contributed by atoms with Crippen molar-refractivity contribution in [2.45, 2.75) is 31.2 Å². The van der Waals surface area contributed by atoms with Crippen LogP contribution >= 0.6 is 0 Å². The molecule has 3 aromatic rings. The molecule has 1 heterocycles. The van der Waals surface area contributed by atoms with Crippen molar-refractivity contribution in [3.05, 3.63) is 83.9 Å². The highest BCUT2D eigenvalue weighted by atomic mass is 32.2. The Morgan fingerprint density at radius 2 is 1.73 bits per heavy atom. The molecule has 30 heavy (non-hydrogen) atoms. The van der Waals surface area contributed by atoms with Gasteiger partial charge in [0.15, 0.2) is 0 Å². The first kappa shape index (κ1) is 18.9. The Morgan fingerprint density at radius 3 is 2.47 bits per heavy atom. The lowest BCUT2D eigenvalue weighted by molar-refractivity contribution is -0.143. The molecule has 0 bridgehead atoms. The number of ether oxygens (including phenoxy) is 1. The highest BCUT2D eigenvalue weighted by Gasteiger charge is 2.40. The Kier molecular flexibility index (Phi) is 5.01. The van der Waals surface area contributed by atoms with E-state index in [1.165, 1.54) is 4.31 Å². The summed E-state index contributed by atoms with van der Waals surface area (Å²) in [5, 5.41) is 0. The molecule has 1 atom stereocenters. The maximum Gasteiger partial charge on any atom is 0.308 e. The molecule has 1 aliphatic rings. The zero-order valence-corrected chi connectivity index (χ0v) is 17.6. The number of hydrogen-bond donors (Lipinski definition) is 0. The molecular weight excluding hydrogens is 398 g/mol. The van der Waals surface area contributed by atoms with E-state index >= 15 is 0 Å². The van der Waals surface area contributed by atoms with E-state index < -0.39 is 22.0 Å². The maximum atomic E-state index is 13.8. The van der Waals surface area contributed by atoms with E-state index in [9.17, 15) is 13.2 Å². The van der Waals surface area contributed by atoms with Gasteiger partial charge in [0.25, 0.3) is 10.0 Å². The van der Waals surface area contributed by atoms with Gasteiger partial charge >= 0.3 is 5.97 Å². The van der Waals surface area contributed by atoms with Crippen LogP contribution in [0.2, 0.25) is 0 Å². The first-order chi connectivity index (χ1) is 14.8. The van der Waals surface area contributed by atoms with Gasteiger partial charge in [-0.2, -0.15) is 0 Å². The zero-order chi connectivity index (χ0) is 22.2. The molecule has 5 nitrogen and oxygen atoms in total. The number of esters is 1. The average Bonchev–Trinajstić information content (AvgIpc) is 2.74. The quantitative estimate of drug-likeness (QED) is 0.551. The fourth-order valence-corrected chi connectivity index (χ4v) is 5.47. The summed E-state index contributed by atoms with van der Waals surface area (Å²) < 4.78 is 42.6. The molecule has 0 N–H and O–H groups in total. The number of para-hydroxylation sites is 1. The monoisotopic (exact) mass is 422 g/mol. The molecule has 0 saturated carbocycles. The van der Waals surface area contributed by atoms with Crippen molar-refractivity contribution in [1.29, 1.82) is 0 Å². The number of carbonyl (C=O) groups is 1. The number of nitrogens with zero attached hydrogens (tertiary/aromatic N) is 1. The Bertz CT molecular complexity index is 1240. The van der Waals surface area contributed by atoms with Crippen LogP contribution in [0.3, 0.4) is 0 Å². The van der Waals surface area contributed by atoms with Crippen molar-refractivity contribution in [2.24, 2.45) is 0 Å². The minimum atomic E-state index is -3.99. The third-order valence-corrected chi connectivity index (χ3v) is 7.02. The molecule has 1 aliphatic heterocycles. The minimum Gasteiger partial charge on any atom is -0.466 e. The van der Waals surface area contributed by atoms with Crippen LogP contribution in [0, 0.1) is 6.92 Å². The fraction of sp³-hybridized carbons (Fsp3) is 0.208. The lowest BCUT2D eigenvalue weighted by Crippen LogP contribution is -2.39. The fourth-order valence-electron chi connectivity index (χ4n) is 3.82. The van der Waals surface area contributed by atoms with Gasteiger partial charge in [-0.1, -0.05) is 60.1 Å². The molecule has 0 radical (unpaired) electrons. The number of anilines is 1. The standard InChI is InChI=1S/C24H23NO4S/c1-3-29-24(26)16-23-21-10-5-4-8-19(21)20-9-6-7-11-22(20)25(23)30(27,28)18-14-12-17(2)13-15-18/h4-15,23H,3,16H2,1-2H3/i8D. The Labute approximate surface area is 178 Å². The van der Waals surface area contributed by atoms with Crippen molar-refractivity contribution in [1.82, 2.24) is 0 Å². The van der Waals surface area contributed by atoms with E-state index in [4.69, 9.17) is 6.11 Å². The SMILES string of the molecule is [2H]c1cccc2c1-c1ccccc1N(S(=O)(=O)c1ccc(C)cc1)C2CC(=O)OCC. The normalized spacial score (nSPS) is 15.7. The Morgan fingerprint density at radius 1 is 1.03 bits per heavy atom. The van der Waals surface area contributed by atoms with Gasteiger partial charge in [0.1, 0.15) is 0 Å². The number of carbonyl (C=O) groups excluding carboxylic acids is 1. The van der Waals surface area contributed by atoms with Crippen LogP contribution in [0.25, 0.3) is 11.1 Å². The Balaban J connectivity index is 1.96. The predicted octanol–water partition coefficient (Wildman–Crippen LogP) is 4.87. The molecule has 0 fully saturated rings. The van der Waals surface area contributed by atoms with Crippen molar-refractivity contribution in [3.8, 4) is 11.1 Å². The number of sulfonamides is 1. The number of aryl methyl sites for hydroxylation is 1. The predicted molar refractivity (Wildman–Crippen MR) is 117 cm³/mol. The third kappa shape index (κ3) is 3.48. The number of fused-ring (bicyclic) bond motifs is 3. The molecule has 0 aliphatic carbocycles. The van der Waals surface area contributed by atoms with E-state index in [0.717, 1.165) is 5.56 Å². The van der Waals surface area contributed by atoms with Gasteiger partial charge in [-0.3, -0.25) is 9.10 Å². The van der Waals surface area contributed by atoms with Crippen LogP contribution in [0.15, 0.2) is 77.7 Å². The van der Waals surface area contributed by atoms with Crippen LogP contribution in [0.1, 0.15) is 31.9 Å². The van der Waals surface area contributed by atoms with Gasteiger partial charge in [-0.25, -0.2) is 8.42 Å². The highest BCUT2D eigenvalue weighted by Crippen LogP contribution is 2.48. The second-order valence-corrected chi connectivity index (χ2v) is 8.97. The second-order valence-electron chi connectivity index (χ2n) is 7.16. The summed E-state index contributed by atoms with van der Waals surface area (Å²) in [6, 6.07) is 18.4. The number of hydrogen-bond acceptors (Lipinski definition) is 4. The van der Waals surface area contributed by atoms with E-state index in [1.54, 1.807) is 61.5 Å². The van der Waals surface area contributed by atoms with Crippen LogP contribution in [-0.4, -0.2) is 21.0 Å². The molecule has 0 saturated heterocycles. The lowest BCUT2D eigenvalue weighted by atomic mass is 9.88. The first-order valence-electron chi connectivity index (χ1n) is 10.3. The van der Waals surface area contributed by atoms with Gasteiger partial charge < -0.3 is 4.74 Å². The second kappa shape index (κ2) is 7.95.